The van der Waals surface area contributed by atoms with Gasteiger partial charge in [-0.15, -0.1) is 0 Å². The molecular weight excluding hydrogens is 270 g/mol. The monoisotopic (exact) mass is 285 g/mol. The first-order valence-electron chi connectivity index (χ1n) is 5.09. The molecule has 2 N–H and O–H groups in total. The van der Waals surface area contributed by atoms with Crippen molar-refractivity contribution in [1.82, 2.24) is 5.32 Å². The second kappa shape index (κ2) is 4.87. The van der Waals surface area contributed by atoms with Crippen molar-refractivity contribution in [2.45, 2.75) is 31.1 Å². The third kappa shape index (κ3) is 2.98. The van der Waals surface area contributed by atoms with Crippen LogP contribution < -0.4 is 5.32 Å². The van der Waals surface area contributed by atoms with Crippen molar-refractivity contribution in [3.8, 4) is 5.75 Å². The van der Waals surface area contributed by atoms with Gasteiger partial charge in [0, 0.05) is 10.4 Å². The lowest BCUT2D eigenvalue weighted by Crippen LogP contribution is -2.48. The molecule has 1 unspecified atom stereocenters. The van der Waals surface area contributed by atoms with Crippen LogP contribution in [0.15, 0.2) is 24.3 Å². The molecule has 1 aromatic carbocycles. The van der Waals surface area contributed by atoms with E-state index in [1.165, 1.54) is 6.07 Å². The van der Waals surface area contributed by atoms with Gasteiger partial charge in [-0.05, 0) is 26.0 Å². The van der Waals surface area contributed by atoms with E-state index in [2.05, 4.69) is 21.2 Å². The number of carbonyl (C=O) groups excluding carboxylic acids is 1. The quantitative estimate of drug-likeness (QED) is 0.839. The number of halogens is 1. The van der Waals surface area contributed by atoms with Crippen LogP contribution >= 0.6 is 15.9 Å². The topological polar surface area (TPSA) is 49.3 Å². The van der Waals surface area contributed by atoms with E-state index in [9.17, 15) is 9.90 Å². The number of para-hydroxylation sites is 1. The number of phenolic OH excluding ortho intramolecular Hbond substituents is 1. The summed E-state index contributed by atoms with van der Waals surface area (Å²) in [5, 5.41) is 12.4. The van der Waals surface area contributed by atoms with E-state index in [-0.39, 0.29) is 22.0 Å². The SMILES string of the molecule is CC(Br)C(C)(C)NC(=O)c1ccccc1O. The summed E-state index contributed by atoms with van der Waals surface area (Å²) in [6.45, 7) is 5.81. The molecule has 0 saturated carbocycles. The van der Waals surface area contributed by atoms with Crippen molar-refractivity contribution in [3.05, 3.63) is 29.8 Å². The molecule has 1 rings (SSSR count). The van der Waals surface area contributed by atoms with E-state index in [1.54, 1.807) is 18.2 Å². The zero-order chi connectivity index (χ0) is 12.3. The minimum atomic E-state index is -0.376. The Balaban J connectivity index is 2.85. The maximum Gasteiger partial charge on any atom is 0.255 e. The normalized spacial score (nSPS) is 13.2. The second-order valence-corrected chi connectivity index (χ2v) is 5.68. The van der Waals surface area contributed by atoms with Crippen LogP contribution in [0.4, 0.5) is 0 Å². The molecule has 0 aliphatic rings. The van der Waals surface area contributed by atoms with Crippen LogP contribution in [0.3, 0.4) is 0 Å². The van der Waals surface area contributed by atoms with Crippen molar-refractivity contribution in [2.24, 2.45) is 0 Å². The van der Waals surface area contributed by atoms with Gasteiger partial charge >= 0.3 is 0 Å². The predicted octanol–water partition coefficient (Wildman–Crippen LogP) is 2.68. The minimum absolute atomic E-state index is 0.00183. The third-order valence-corrected chi connectivity index (χ3v) is 3.72. The largest absolute Gasteiger partial charge is 0.507 e. The van der Waals surface area contributed by atoms with Crippen molar-refractivity contribution in [1.29, 1.82) is 0 Å². The van der Waals surface area contributed by atoms with Gasteiger partial charge in [0.2, 0.25) is 0 Å². The van der Waals surface area contributed by atoms with Crippen molar-refractivity contribution in [2.75, 3.05) is 0 Å². The van der Waals surface area contributed by atoms with Crippen molar-refractivity contribution in [3.63, 3.8) is 0 Å². The Morgan fingerprint density at radius 1 is 1.44 bits per heavy atom. The lowest BCUT2D eigenvalue weighted by molar-refractivity contribution is 0.0911. The van der Waals surface area contributed by atoms with E-state index in [1.807, 2.05) is 20.8 Å². The fourth-order valence-electron chi connectivity index (χ4n) is 1.13. The summed E-state index contributed by atoms with van der Waals surface area (Å²) in [6.07, 6.45) is 0. The molecule has 0 bridgehead atoms. The number of benzene rings is 1. The Bertz CT molecular complexity index is 388. The predicted molar refractivity (Wildman–Crippen MR) is 68.0 cm³/mol. The third-order valence-electron chi connectivity index (χ3n) is 2.58. The van der Waals surface area contributed by atoms with Gasteiger partial charge in [0.25, 0.3) is 5.91 Å². The molecule has 0 saturated heterocycles. The number of carbonyl (C=O) groups is 1. The number of hydrogen-bond donors (Lipinski definition) is 2. The zero-order valence-electron chi connectivity index (χ0n) is 9.62. The number of amides is 1. The number of aromatic hydroxyl groups is 1. The number of phenols is 1. The molecule has 3 nitrogen and oxygen atoms in total. The Morgan fingerprint density at radius 2 is 2.00 bits per heavy atom. The molecule has 0 heterocycles. The number of hydrogen-bond acceptors (Lipinski definition) is 2. The van der Waals surface area contributed by atoms with Crippen LogP contribution in [0.25, 0.3) is 0 Å². The fourth-order valence-corrected chi connectivity index (χ4v) is 1.24. The Morgan fingerprint density at radius 3 is 2.50 bits per heavy atom. The summed E-state index contributed by atoms with van der Waals surface area (Å²) >= 11 is 3.44. The molecular formula is C12H16BrNO2. The molecule has 0 fully saturated rings. The minimum Gasteiger partial charge on any atom is -0.507 e. The van der Waals surface area contributed by atoms with Gasteiger partial charge in [-0.3, -0.25) is 4.79 Å². The standard InChI is InChI=1S/C12H16BrNO2/c1-8(13)12(2,3)14-11(16)9-6-4-5-7-10(9)15/h4-8,15H,1-3H3,(H,14,16). The van der Waals surface area contributed by atoms with E-state index in [4.69, 9.17) is 0 Å². The molecule has 88 valence electrons. The maximum absolute atomic E-state index is 11.9. The molecule has 16 heavy (non-hydrogen) atoms. The van der Waals surface area contributed by atoms with Gasteiger partial charge in [0.05, 0.1) is 5.56 Å². The molecule has 1 amide bonds. The van der Waals surface area contributed by atoms with E-state index in [0.29, 0.717) is 5.56 Å². The smallest absolute Gasteiger partial charge is 0.255 e. The molecule has 1 atom stereocenters. The van der Waals surface area contributed by atoms with Crippen LogP contribution in [0.5, 0.6) is 5.75 Å². The highest BCUT2D eigenvalue weighted by Gasteiger charge is 2.26. The lowest BCUT2D eigenvalue weighted by Gasteiger charge is -2.29. The molecule has 4 heteroatoms. The first kappa shape index (κ1) is 13.0. The summed E-state index contributed by atoms with van der Waals surface area (Å²) < 4.78 is 0. The lowest BCUT2D eigenvalue weighted by atomic mass is 10.0. The van der Waals surface area contributed by atoms with Crippen LogP contribution in [0, 0.1) is 0 Å². The molecule has 0 spiro atoms. The molecule has 1 aromatic rings. The van der Waals surface area contributed by atoms with E-state index >= 15 is 0 Å². The van der Waals surface area contributed by atoms with Gasteiger partial charge in [0.15, 0.2) is 0 Å². The fraction of sp³-hybridized carbons (Fsp3) is 0.417. The van der Waals surface area contributed by atoms with E-state index < -0.39 is 0 Å². The molecule has 0 radical (unpaired) electrons. The number of nitrogens with one attached hydrogen (secondary N) is 1. The van der Waals surface area contributed by atoms with Crippen molar-refractivity contribution < 1.29 is 9.90 Å². The summed E-state index contributed by atoms with van der Waals surface area (Å²) in [7, 11) is 0. The highest BCUT2D eigenvalue weighted by molar-refractivity contribution is 9.09. The van der Waals surface area contributed by atoms with Crippen LogP contribution in [-0.2, 0) is 0 Å². The van der Waals surface area contributed by atoms with Crippen LogP contribution in [0.1, 0.15) is 31.1 Å². The molecule has 0 aliphatic carbocycles. The highest BCUT2D eigenvalue weighted by Crippen LogP contribution is 2.20. The Hall–Kier alpha value is -1.03. The van der Waals surface area contributed by atoms with Crippen molar-refractivity contribution >= 4 is 21.8 Å². The van der Waals surface area contributed by atoms with Gasteiger partial charge in [0.1, 0.15) is 5.75 Å². The zero-order valence-corrected chi connectivity index (χ0v) is 11.2. The second-order valence-electron chi connectivity index (χ2n) is 4.31. The highest BCUT2D eigenvalue weighted by atomic mass is 79.9. The average molecular weight is 286 g/mol. The molecule has 0 aliphatic heterocycles. The number of alkyl halides is 1. The summed E-state index contributed by atoms with van der Waals surface area (Å²) in [4.78, 5) is 12.0. The number of rotatable bonds is 3. The van der Waals surface area contributed by atoms with Crippen LogP contribution in [-0.4, -0.2) is 21.4 Å². The van der Waals surface area contributed by atoms with Gasteiger partial charge in [-0.25, -0.2) is 0 Å². The Kier molecular flexibility index (Phi) is 3.97. The average Bonchev–Trinajstić information content (AvgIpc) is 2.17. The maximum atomic E-state index is 11.9. The summed E-state index contributed by atoms with van der Waals surface area (Å²) in [6, 6.07) is 6.50. The summed E-state index contributed by atoms with van der Waals surface area (Å²) in [5.74, 6) is -0.271. The first-order chi connectivity index (χ1) is 7.34. The first-order valence-corrected chi connectivity index (χ1v) is 6.01. The van der Waals surface area contributed by atoms with E-state index in [0.717, 1.165) is 0 Å². The Labute approximate surface area is 104 Å². The van der Waals surface area contributed by atoms with Gasteiger partial charge < -0.3 is 10.4 Å². The van der Waals surface area contributed by atoms with Gasteiger partial charge in [-0.1, -0.05) is 35.0 Å². The summed E-state index contributed by atoms with van der Waals surface area (Å²) in [5.41, 5.74) is -0.0805. The van der Waals surface area contributed by atoms with Crippen LogP contribution in [0.2, 0.25) is 0 Å². The van der Waals surface area contributed by atoms with Gasteiger partial charge in [-0.2, -0.15) is 0 Å². The molecule has 0 aromatic heterocycles.